The highest BCUT2D eigenvalue weighted by molar-refractivity contribution is 6.29. The minimum Gasteiger partial charge on any atom is -0.497 e. The number of ether oxygens (including phenoxy) is 1. The van der Waals surface area contributed by atoms with Crippen molar-refractivity contribution in [1.29, 1.82) is 0 Å². The van der Waals surface area contributed by atoms with Crippen LogP contribution in [0.3, 0.4) is 0 Å². The first-order valence-corrected chi connectivity index (χ1v) is 6.48. The lowest BCUT2D eigenvalue weighted by Gasteiger charge is -2.17. The number of rotatable bonds is 4. The Morgan fingerprint density at radius 1 is 1.25 bits per heavy atom. The summed E-state index contributed by atoms with van der Waals surface area (Å²) in [7, 11) is 3.37. The third kappa shape index (κ3) is 3.48. The third-order valence-corrected chi connectivity index (χ3v) is 3.12. The van der Waals surface area contributed by atoms with Crippen molar-refractivity contribution >= 4 is 17.5 Å². The van der Waals surface area contributed by atoms with Crippen molar-refractivity contribution in [3.05, 3.63) is 58.9 Å². The number of amides is 1. The van der Waals surface area contributed by atoms with Crippen LogP contribution in [0.25, 0.3) is 0 Å². The van der Waals surface area contributed by atoms with Crippen molar-refractivity contribution in [2.24, 2.45) is 0 Å². The molecule has 104 valence electrons. The predicted molar refractivity (Wildman–Crippen MR) is 78.0 cm³/mol. The molecule has 5 heteroatoms. The van der Waals surface area contributed by atoms with Crippen molar-refractivity contribution in [2.75, 3.05) is 14.2 Å². The summed E-state index contributed by atoms with van der Waals surface area (Å²) in [5, 5.41) is 0.374. The van der Waals surface area contributed by atoms with Gasteiger partial charge < -0.3 is 9.64 Å². The van der Waals surface area contributed by atoms with Crippen LogP contribution in [0.4, 0.5) is 0 Å². The molecule has 1 amide bonds. The molecule has 1 heterocycles. The van der Waals surface area contributed by atoms with Gasteiger partial charge in [-0.1, -0.05) is 23.7 Å². The van der Waals surface area contributed by atoms with E-state index in [4.69, 9.17) is 16.3 Å². The van der Waals surface area contributed by atoms with Crippen molar-refractivity contribution in [2.45, 2.75) is 6.54 Å². The Hall–Kier alpha value is -2.07. The number of aromatic nitrogens is 1. The molecule has 0 fully saturated rings. The molecular formula is C15H15ClN2O2. The normalized spacial score (nSPS) is 10.2. The molecule has 0 aliphatic carbocycles. The maximum absolute atomic E-state index is 12.2. The molecule has 20 heavy (non-hydrogen) atoms. The molecule has 0 aliphatic rings. The second kappa shape index (κ2) is 6.39. The van der Waals surface area contributed by atoms with Gasteiger partial charge in [0.25, 0.3) is 5.91 Å². The number of nitrogens with zero attached hydrogens (tertiary/aromatic N) is 2. The van der Waals surface area contributed by atoms with Crippen LogP contribution in [-0.2, 0) is 6.54 Å². The van der Waals surface area contributed by atoms with Crippen LogP contribution in [-0.4, -0.2) is 29.9 Å². The molecule has 2 aromatic rings. The number of pyridine rings is 1. The lowest BCUT2D eigenvalue weighted by atomic mass is 10.2. The monoisotopic (exact) mass is 290 g/mol. The van der Waals surface area contributed by atoms with Gasteiger partial charge >= 0.3 is 0 Å². The summed E-state index contributed by atoms with van der Waals surface area (Å²) in [5.41, 5.74) is 1.55. The van der Waals surface area contributed by atoms with Crippen molar-refractivity contribution < 1.29 is 9.53 Å². The minimum atomic E-state index is -0.0926. The summed E-state index contributed by atoms with van der Waals surface area (Å²) >= 11 is 5.71. The lowest BCUT2D eigenvalue weighted by molar-refractivity contribution is 0.0784. The second-order valence-corrected chi connectivity index (χ2v) is 4.77. The maximum atomic E-state index is 12.2. The van der Waals surface area contributed by atoms with Gasteiger partial charge in [-0.25, -0.2) is 4.98 Å². The molecule has 0 aliphatic heterocycles. The van der Waals surface area contributed by atoms with Gasteiger partial charge in [0.1, 0.15) is 10.9 Å². The van der Waals surface area contributed by atoms with E-state index in [1.807, 2.05) is 24.3 Å². The standard InChI is InChI=1S/C15H15ClN2O2/c1-18(10-11-3-6-13(20-2)7-4-11)15(19)12-5-8-14(16)17-9-12/h3-9H,10H2,1-2H3. The molecule has 0 atom stereocenters. The highest BCUT2D eigenvalue weighted by atomic mass is 35.5. The molecule has 1 aromatic carbocycles. The molecule has 0 radical (unpaired) electrons. The second-order valence-electron chi connectivity index (χ2n) is 4.38. The summed E-state index contributed by atoms with van der Waals surface area (Å²) in [6.07, 6.45) is 1.48. The van der Waals surface area contributed by atoms with Gasteiger partial charge in [0.15, 0.2) is 0 Å². The van der Waals surface area contributed by atoms with E-state index in [1.165, 1.54) is 6.20 Å². The number of methoxy groups -OCH3 is 1. The summed E-state index contributed by atoms with van der Waals surface area (Å²) in [6.45, 7) is 0.519. The minimum absolute atomic E-state index is 0.0926. The van der Waals surface area contributed by atoms with Crippen molar-refractivity contribution in [1.82, 2.24) is 9.88 Å². The van der Waals surface area contributed by atoms with Gasteiger partial charge in [0.2, 0.25) is 0 Å². The van der Waals surface area contributed by atoms with Gasteiger partial charge in [0, 0.05) is 19.8 Å². The molecule has 0 saturated heterocycles. The molecule has 0 spiro atoms. The van der Waals surface area contributed by atoms with Gasteiger partial charge in [-0.2, -0.15) is 0 Å². The van der Waals surface area contributed by atoms with Gasteiger partial charge in [-0.05, 0) is 29.8 Å². The van der Waals surface area contributed by atoms with Gasteiger partial charge in [-0.15, -0.1) is 0 Å². The van der Waals surface area contributed by atoms with Crippen molar-refractivity contribution in [3.8, 4) is 5.75 Å². The fourth-order valence-electron chi connectivity index (χ4n) is 1.80. The van der Waals surface area contributed by atoms with Crippen LogP contribution >= 0.6 is 11.6 Å². The van der Waals surface area contributed by atoms with Gasteiger partial charge in [-0.3, -0.25) is 4.79 Å². The van der Waals surface area contributed by atoms with E-state index in [0.29, 0.717) is 17.3 Å². The zero-order chi connectivity index (χ0) is 14.5. The SMILES string of the molecule is COc1ccc(CN(C)C(=O)c2ccc(Cl)nc2)cc1. The predicted octanol–water partition coefficient (Wildman–Crippen LogP) is 3.02. The number of halogens is 1. The lowest BCUT2D eigenvalue weighted by Crippen LogP contribution is -2.26. The number of benzene rings is 1. The van der Waals surface area contributed by atoms with Gasteiger partial charge in [0.05, 0.1) is 12.7 Å². The molecule has 0 N–H and O–H groups in total. The summed E-state index contributed by atoms with van der Waals surface area (Å²) < 4.78 is 5.10. The Kier molecular flexibility index (Phi) is 4.58. The van der Waals surface area contributed by atoms with Crippen LogP contribution in [0.1, 0.15) is 15.9 Å². The molecule has 0 bridgehead atoms. The fraction of sp³-hybridized carbons (Fsp3) is 0.200. The zero-order valence-electron chi connectivity index (χ0n) is 11.3. The topological polar surface area (TPSA) is 42.4 Å². The Morgan fingerprint density at radius 2 is 1.95 bits per heavy atom. The highest BCUT2D eigenvalue weighted by Crippen LogP contribution is 2.14. The average molecular weight is 291 g/mol. The van der Waals surface area contributed by atoms with E-state index < -0.39 is 0 Å². The van der Waals surface area contributed by atoms with Crippen LogP contribution < -0.4 is 4.74 Å². The van der Waals surface area contributed by atoms with Crippen LogP contribution in [0.2, 0.25) is 5.15 Å². The van der Waals surface area contributed by atoms with E-state index >= 15 is 0 Å². The first-order valence-electron chi connectivity index (χ1n) is 6.10. The quantitative estimate of drug-likeness (QED) is 0.813. The van der Waals surface area contributed by atoms with Crippen LogP contribution in [0.15, 0.2) is 42.6 Å². The van der Waals surface area contributed by atoms with E-state index in [2.05, 4.69) is 4.98 Å². The first kappa shape index (κ1) is 14.3. The van der Waals surface area contributed by atoms with Crippen LogP contribution in [0.5, 0.6) is 5.75 Å². The molecular weight excluding hydrogens is 276 g/mol. The van der Waals surface area contributed by atoms with E-state index in [9.17, 15) is 4.79 Å². The third-order valence-electron chi connectivity index (χ3n) is 2.90. The van der Waals surface area contributed by atoms with Crippen molar-refractivity contribution in [3.63, 3.8) is 0 Å². The molecule has 2 rings (SSSR count). The fourth-order valence-corrected chi connectivity index (χ4v) is 1.91. The Labute approximate surface area is 123 Å². The summed E-state index contributed by atoms with van der Waals surface area (Å²) in [5.74, 6) is 0.703. The zero-order valence-corrected chi connectivity index (χ0v) is 12.1. The summed E-state index contributed by atoms with van der Waals surface area (Å²) in [4.78, 5) is 17.7. The highest BCUT2D eigenvalue weighted by Gasteiger charge is 2.12. The Balaban J connectivity index is 2.04. The Bertz CT molecular complexity index is 582. The molecule has 0 saturated carbocycles. The maximum Gasteiger partial charge on any atom is 0.255 e. The number of carbonyl (C=O) groups is 1. The largest absolute Gasteiger partial charge is 0.497 e. The van der Waals surface area contributed by atoms with E-state index in [1.54, 1.807) is 31.2 Å². The molecule has 0 unspecified atom stereocenters. The van der Waals surface area contributed by atoms with E-state index in [0.717, 1.165) is 11.3 Å². The molecule has 4 nitrogen and oxygen atoms in total. The average Bonchev–Trinajstić information content (AvgIpc) is 2.48. The van der Waals surface area contributed by atoms with E-state index in [-0.39, 0.29) is 5.91 Å². The summed E-state index contributed by atoms with van der Waals surface area (Å²) in [6, 6.07) is 10.9. The number of hydrogen-bond acceptors (Lipinski definition) is 3. The van der Waals surface area contributed by atoms with Crippen LogP contribution in [0, 0.1) is 0 Å². The first-order chi connectivity index (χ1) is 9.60. The Morgan fingerprint density at radius 3 is 2.50 bits per heavy atom. The number of hydrogen-bond donors (Lipinski definition) is 0. The smallest absolute Gasteiger partial charge is 0.255 e. The molecule has 1 aromatic heterocycles. The number of carbonyl (C=O) groups excluding carboxylic acids is 1.